The van der Waals surface area contributed by atoms with E-state index < -0.39 is 0 Å². The summed E-state index contributed by atoms with van der Waals surface area (Å²) in [6.07, 6.45) is 14.9. The maximum absolute atomic E-state index is 10.3. The fraction of sp³-hybridized carbons (Fsp3) is 0.722. The first-order chi connectivity index (χ1) is 9.77. The lowest BCUT2D eigenvalue weighted by Crippen LogP contribution is -2.33. The van der Waals surface area contributed by atoms with E-state index in [0.29, 0.717) is 0 Å². The molecule has 0 bridgehead atoms. The number of unbranched alkanes of at least 4 members (excludes halogenated alkanes) is 6. The molecule has 0 fully saturated rings. The molecule has 0 aromatic carbocycles. The molecule has 1 rings (SSSR count). The number of pyridine rings is 1. The highest BCUT2D eigenvalue weighted by Gasteiger charge is 2.11. The molecule has 2 heteroatoms. The number of nitrogens with zero attached hydrogens (tertiary/aromatic N) is 1. The Hall–Kier alpha value is -0.890. The summed E-state index contributed by atoms with van der Waals surface area (Å²) in [5.74, 6) is 0. The highest BCUT2D eigenvalue weighted by atomic mass is 16.3. The Labute approximate surface area is 124 Å². The van der Waals surface area contributed by atoms with Crippen molar-refractivity contribution >= 4 is 0 Å². The third-order valence-corrected chi connectivity index (χ3v) is 3.87. The molecule has 0 amide bonds. The Morgan fingerprint density at radius 1 is 1.00 bits per heavy atom. The standard InChI is InChI=1S/C18H32NO/c1-3-5-7-8-9-10-13-18(20)17-12-11-15-19(16-17)14-6-4-2/h11-12,15-16,18,20H,3-10,13-14H2,1-2H3/q+1. The summed E-state index contributed by atoms with van der Waals surface area (Å²) < 4.78 is 2.20. The number of aliphatic hydroxyl groups excluding tert-OH is 1. The molecular formula is C18H32NO+. The van der Waals surface area contributed by atoms with E-state index in [1.165, 1.54) is 44.9 Å². The lowest BCUT2D eigenvalue weighted by molar-refractivity contribution is -0.697. The molecule has 114 valence electrons. The van der Waals surface area contributed by atoms with Gasteiger partial charge >= 0.3 is 0 Å². The summed E-state index contributed by atoms with van der Waals surface area (Å²) in [7, 11) is 0. The fourth-order valence-corrected chi connectivity index (χ4v) is 2.50. The Bertz CT molecular complexity index is 351. The van der Waals surface area contributed by atoms with Gasteiger partial charge in [-0.25, -0.2) is 4.57 Å². The number of rotatable bonds is 11. The van der Waals surface area contributed by atoms with Gasteiger partial charge in [-0.05, 0) is 12.5 Å². The lowest BCUT2D eigenvalue weighted by atomic mass is 10.0. The number of aliphatic hydroxyl groups is 1. The van der Waals surface area contributed by atoms with Crippen LogP contribution in [0, 0.1) is 0 Å². The van der Waals surface area contributed by atoms with Crippen molar-refractivity contribution in [2.45, 2.75) is 84.3 Å². The molecule has 0 saturated carbocycles. The predicted octanol–water partition coefficient (Wildman–Crippen LogP) is 4.56. The van der Waals surface area contributed by atoms with Gasteiger partial charge in [0.15, 0.2) is 12.4 Å². The van der Waals surface area contributed by atoms with E-state index in [1.807, 2.05) is 6.07 Å². The van der Waals surface area contributed by atoms with Crippen molar-refractivity contribution in [3.8, 4) is 0 Å². The molecule has 1 N–H and O–H groups in total. The van der Waals surface area contributed by atoms with Gasteiger partial charge in [0.05, 0.1) is 6.10 Å². The van der Waals surface area contributed by atoms with Crippen molar-refractivity contribution in [2.24, 2.45) is 0 Å². The number of aromatic nitrogens is 1. The number of hydrogen-bond acceptors (Lipinski definition) is 1. The van der Waals surface area contributed by atoms with Crippen molar-refractivity contribution in [1.29, 1.82) is 0 Å². The quantitative estimate of drug-likeness (QED) is 0.466. The van der Waals surface area contributed by atoms with Crippen molar-refractivity contribution < 1.29 is 9.67 Å². The molecule has 1 aromatic rings. The Morgan fingerprint density at radius 3 is 2.45 bits per heavy atom. The van der Waals surface area contributed by atoms with Crippen LogP contribution in [-0.2, 0) is 6.54 Å². The first kappa shape index (κ1) is 17.2. The molecule has 1 atom stereocenters. The molecular weight excluding hydrogens is 246 g/mol. The molecule has 20 heavy (non-hydrogen) atoms. The Kier molecular flexibility index (Phi) is 9.31. The Balaban J connectivity index is 2.29. The van der Waals surface area contributed by atoms with Crippen LogP contribution in [0.4, 0.5) is 0 Å². The number of hydrogen-bond donors (Lipinski definition) is 1. The second-order valence-corrected chi connectivity index (χ2v) is 5.80. The average molecular weight is 278 g/mol. The zero-order valence-electron chi connectivity index (χ0n) is 13.4. The topological polar surface area (TPSA) is 24.1 Å². The second kappa shape index (κ2) is 10.8. The summed E-state index contributed by atoms with van der Waals surface area (Å²) in [4.78, 5) is 0. The van der Waals surface area contributed by atoms with Gasteiger partial charge < -0.3 is 5.11 Å². The van der Waals surface area contributed by atoms with Gasteiger partial charge in [0.1, 0.15) is 6.54 Å². The van der Waals surface area contributed by atoms with Gasteiger partial charge in [-0.15, -0.1) is 0 Å². The summed E-state index contributed by atoms with van der Waals surface area (Å²) in [6.45, 7) is 5.50. The summed E-state index contributed by atoms with van der Waals surface area (Å²) in [5, 5.41) is 10.3. The lowest BCUT2D eigenvalue weighted by Gasteiger charge is -2.09. The smallest absolute Gasteiger partial charge is 0.174 e. The van der Waals surface area contributed by atoms with E-state index in [0.717, 1.165) is 24.9 Å². The van der Waals surface area contributed by atoms with Gasteiger partial charge in [-0.3, -0.25) is 0 Å². The van der Waals surface area contributed by atoms with Crippen molar-refractivity contribution in [2.75, 3.05) is 0 Å². The van der Waals surface area contributed by atoms with Crippen molar-refractivity contribution in [3.63, 3.8) is 0 Å². The van der Waals surface area contributed by atoms with E-state index in [1.54, 1.807) is 0 Å². The average Bonchev–Trinajstić information content (AvgIpc) is 2.48. The van der Waals surface area contributed by atoms with E-state index >= 15 is 0 Å². The zero-order chi connectivity index (χ0) is 14.6. The molecule has 1 unspecified atom stereocenters. The number of aryl methyl sites for hydroxylation is 1. The van der Waals surface area contributed by atoms with Crippen LogP contribution in [-0.4, -0.2) is 5.11 Å². The monoisotopic (exact) mass is 278 g/mol. The first-order valence-corrected chi connectivity index (χ1v) is 8.45. The third-order valence-electron chi connectivity index (χ3n) is 3.87. The molecule has 0 saturated heterocycles. The highest BCUT2D eigenvalue weighted by Crippen LogP contribution is 2.18. The molecule has 0 aliphatic heterocycles. The minimum Gasteiger partial charge on any atom is -0.388 e. The van der Waals surface area contributed by atoms with Crippen LogP contribution in [0.5, 0.6) is 0 Å². The van der Waals surface area contributed by atoms with E-state index in [2.05, 4.69) is 36.9 Å². The van der Waals surface area contributed by atoms with Crippen LogP contribution in [0.2, 0.25) is 0 Å². The van der Waals surface area contributed by atoms with Gasteiger partial charge in [0.25, 0.3) is 0 Å². The summed E-state index contributed by atoms with van der Waals surface area (Å²) in [5.41, 5.74) is 1.07. The van der Waals surface area contributed by atoms with Crippen LogP contribution in [0.15, 0.2) is 24.5 Å². The molecule has 1 aromatic heterocycles. The van der Waals surface area contributed by atoms with Gasteiger partial charge in [-0.1, -0.05) is 58.8 Å². The second-order valence-electron chi connectivity index (χ2n) is 5.80. The molecule has 0 aliphatic rings. The highest BCUT2D eigenvalue weighted by molar-refractivity contribution is 5.08. The molecule has 0 aliphatic carbocycles. The molecule has 2 nitrogen and oxygen atoms in total. The van der Waals surface area contributed by atoms with E-state index in [-0.39, 0.29) is 6.10 Å². The summed E-state index contributed by atoms with van der Waals surface area (Å²) >= 11 is 0. The molecule has 1 heterocycles. The van der Waals surface area contributed by atoms with Gasteiger partial charge in [0, 0.05) is 18.1 Å². The van der Waals surface area contributed by atoms with E-state index in [4.69, 9.17) is 0 Å². The normalized spacial score (nSPS) is 12.6. The van der Waals surface area contributed by atoms with Crippen LogP contribution >= 0.6 is 0 Å². The van der Waals surface area contributed by atoms with Crippen molar-refractivity contribution in [3.05, 3.63) is 30.1 Å². The summed E-state index contributed by atoms with van der Waals surface area (Å²) in [6, 6.07) is 4.10. The maximum atomic E-state index is 10.3. The predicted molar refractivity (Wildman–Crippen MR) is 84.5 cm³/mol. The molecule has 0 radical (unpaired) electrons. The third kappa shape index (κ3) is 7.04. The molecule has 0 spiro atoms. The van der Waals surface area contributed by atoms with Crippen LogP contribution < -0.4 is 4.57 Å². The van der Waals surface area contributed by atoms with Crippen LogP contribution in [0.25, 0.3) is 0 Å². The van der Waals surface area contributed by atoms with Gasteiger partial charge in [0.2, 0.25) is 0 Å². The fourth-order valence-electron chi connectivity index (χ4n) is 2.50. The largest absolute Gasteiger partial charge is 0.388 e. The van der Waals surface area contributed by atoms with Crippen molar-refractivity contribution in [1.82, 2.24) is 0 Å². The Morgan fingerprint density at radius 2 is 1.70 bits per heavy atom. The zero-order valence-corrected chi connectivity index (χ0v) is 13.4. The maximum Gasteiger partial charge on any atom is 0.174 e. The first-order valence-electron chi connectivity index (χ1n) is 8.45. The van der Waals surface area contributed by atoms with Crippen LogP contribution in [0.1, 0.15) is 83.3 Å². The minimum absolute atomic E-state index is 0.296. The van der Waals surface area contributed by atoms with Crippen LogP contribution in [0.3, 0.4) is 0 Å². The van der Waals surface area contributed by atoms with E-state index in [9.17, 15) is 5.11 Å². The van der Waals surface area contributed by atoms with Gasteiger partial charge in [-0.2, -0.15) is 0 Å². The SMILES string of the molecule is CCCCCCCCC(O)c1ccc[n+](CCCC)c1. The minimum atomic E-state index is -0.296.